The van der Waals surface area contributed by atoms with E-state index in [9.17, 15) is 14.7 Å². The first kappa shape index (κ1) is 17.8. The first-order valence-corrected chi connectivity index (χ1v) is 9.26. The van der Waals surface area contributed by atoms with Gasteiger partial charge in [-0.05, 0) is 48.4 Å². The van der Waals surface area contributed by atoms with Crippen molar-refractivity contribution in [2.75, 3.05) is 4.90 Å². The van der Waals surface area contributed by atoms with Gasteiger partial charge in [-0.1, -0.05) is 58.1 Å². The minimum absolute atomic E-state index is 0.116. The van der Waals surface area contributed by atoms with Gasteiger partial charge in [-0.15, -0.1) is 0 Å². The Morgan fingerprint density at radius 3 is 2.72 bits per heavy atom. The van der Waals surface area contributed by atoms with E-state index in [1.165, 1.54) is 28.8 Å². The zero-order chi connectivity index (χ0) is 18.1. The minimum atomic E-state index is -1.05. The zero-order valence-corrected chi connectivity index (χ0v) is 16.2. The Hall–Kier alpha value is -1.96. The molecule has 0 aromatic heterocycles. The average molecular weight is 434 g/mol. The predicted octanol–water partition coefficient (Wildman–Crippen LogP) is 4.86. The fourth-order valence-electron chi connectivity index (χ4n) is 2.41. The first-order valence-electron chi connectivity index (χ1n) is 7.24. The number of carboxylic acids is 1. The zero-order valence-electron chi connectivity index (χ0n) is 13.0. The van der Waals surface area contributed by atoms with Gasteiger partial charge in [-0.2, -0.15) is 0 Å². The van der Waals surface area contributed by atoms with Crippen molar-refractivity contribution in [2.45, 2.75) is 6.92 Å². The normalized spacial score (nSPS) is 15.9. The molecule has 0 saturated carbocycles. The summed E-state index contributed by atoms with van der Waals surface area (Å²) in [5, 5.41) is 9.19. The summed E-state index contributed by atoms with van der Waals surface area (Å²) in [6.07, 6.45) is 1.78. The second kappa shape index (κ2) is 7.11. The van der Waals surface area contributed by atoms with Crippen LogP contribution in [0.2, 0.25) is 0 Å². The van der Waals surface area contributed by atoms with E-state index >= 15 is 0 Å². The lowest BCUT2D eigenvalue weighted by molar-refractivity contribution is -0.113. The Balaban J connectivity index is 2.00. The molecule has 1 aliphatic rings. The number of aryl methyl sites for hydroxylation is 1. The number of carboxylic acid groups (broad SMARTS) is 1. The largest absolute Gasteiger partial charge is 0.478 e. The molecular weight excluding hydrogens is 422 g/mol. The maximum Gasteiger partial charge on any atom is 0.335 e. The molecule has 2 aromatic rings. The Labute approximate surface area is 162 Å². The summed E-state index contributed by atoms with van der Waals surface area (Å²) < 4.78 is 1.30. The number of benzene rings is 2. The molecule has 4 nitrogen and oxygen atoms in total. The molecule has 0 bridgehead atoms. The highest BCUT2D eigenvalue weighted by Gasteiger charge is 2.34. The van der Waals surface area contributed by atoms with Crippen molar-refractivity contribution in [1.29, 1.82) is 0 Å². The van der Waals surface area contributed by atoms with Crippen LogP contribution in [0.3, 0.4) is 0 Å². The molecule has 1 amide bonds. The topological polar surface area (TPSA) is 57.6 Å². The maximum atomic E-state index is 12.8. The second-order valence-electron chi connectivity index (χ2n) is 5.38. The van der Waals surface area contributed by atoms with Crippen LogP contribution in [0.15, 0.2) is 51.8 Å². The molecule has 0 unspecified atom stereocenters. The number of thioether (sulfide) groups is 1. The average Bonchev–Trinajstić information content (AvgIpc) is 2.82. The lowest BCUT2D eigenvalue weighted by atomic mass is 10.1. The number of rotatable bonds is 3. The quantitative estimate of drug-likeness (QED) is 0.552. The molecule has 1 fully saturated rings. The van der Waals surface area contributed by atoms with E-state index in [2.05, 4.69) is 15.9 Å². The summed E-state index contributed by atoms with van der Waals surface area (Å²) in [6, 6.07) is 12.3. The standard InChI is InChI=1S/C18H12BrNO3S2/c1-10-5-6-12(17(22)23)9-14(10)20-16(21)15(25-18(20)24)8-11-3-2-4-13(19)7-11/h2-9H,1H3,(H,22,23). The predicted molar refractivity (Wildman–Crippen MR) is 108 cm³/mol. The van der Waals surface area contributed by atoms with Crippen LogP contribution in [-0.4, -0.2) is 21.3 Å². The summed E-state index contributed by atoms with van der Waals surface area (Å²) in [5.74, 6) is -1.29. The second-order valence-corrected chi connectivity index (χ2v) is 7.97. The fraction of sp³-hybridized carbons (Fsp3) is 0.0556. The van der Waals surface area contributed by atoms with Gasteiger partial charge in [0.05, 0.1) is 16.2 Å². The van der Waals surface area contributed by atoms with Crippen LogP contribution in [0.1, 0.15) is 21.5 Å². The van der Waals surface area contributed by atoms with Crippen LogP contribution in [0, 0.1) is 6.92 Å². The highest BCUT2D eigenvalue weighted by atomic mass is 79.9. The SMILES string of the molecule is Cc1ccc(C(=O)O)cc1N1C(=O)C(=Cc2cccc(Br)c2)SC1=S. The number of hydrogen-bond acceptors (Lipinski definition) is 4. The van der Waals surface area contributed by atoms with Gasteiger partial charge < -0.3 is 5.11 Å². The lowest BCUT2D eigenvalue weighted by Crippen LogP contribution is -2.28. The van der Waals surface area contributed by atoms with Crippen molar-refractivity contribution < 1.29 is 14.7 Å². The molecule has 0 radical (unpaired) electrons. The Kier molecular flexibility index (Phi) is 5.08. The van der Waals surface area contributed by atoms with Crippen molar-refractivity contribution in [3.8, 4) is 0 Å². The van der Waals surface area contributed by atoms with Crippen LogP contribution >= 0.6 is 39.9 Å². The van der Waals surface area contributed by atoms with Gasteiger partial charge >= 0.3 is 5.97 Å². The molecule has 1 heterocycles. The molecule has 1 saturated heterocycles. The number of anilines is 1. The maximum absolute atomic E-state index is 12.8. The number of thiocarbonyl (C=S) groups is 1. The number of carbonyl (C=O) groups is 2. The van der Waals surface area contributed by atoms with Crippen molar-refractivity contribution in [3.05, 3.63) is 68.5 Å². The third-order valence-electron chi connectivity index (χ3n) is 3.64. The summed E-state index contributed by atoms with van der Waals surface area (Å²) in [7, 11) is 0. The smallest absolute Gasteiger partial charge is 0.335 e. The highest BCUT2D eigenvalue weighted by molar-refractivity contribution is 9.10. The molecule has 1 N–H and O–H groups in total. The van der Waals surface area contributed by atoms with Gasteiger partial charge in [-0.25, -0.2) is 4.79 Å². The van der Waals surface area contributed by atoms with E-state index in [1.807, 2.05) is 31.2 Å². The number of hydrogen-bond donors (Lipinski definition) is 1. The molecule has 0 spiro atoms. The lowest BCUT2D eigenvalue weighted by Gasteiger charge is -2.17. The highest BCUT2D eigenvalue weighted by Crippen LogP contribution is 2.37. The van der Waals surface area contributed by atoms with E-state index < -0.39 is 5.97 Å². The number of carbonyl (C=O) groups excluding carboxylic acids is 1. The number of aromatic carboxylic acids is 1. The minimum Gasteiger partial charge on any atom is -0.478 e. The van der Waals surface area contributed by atoms with Crippen LogP contribution in [-0.2, 0) is 4.79 Å². The van der Waals surface area contributed by atoms with Crippen LogP contribution in [0.4, 0.5) is 5.69 Å². The molecule has 126 valence electrons. The summed E-state index contributed by atoms with van der Waals surface area (Å²) in [4.78, 5) is 25.9. The number of nitrogens with zero attached hydrogens (tertiary/aromatic N) is 1. The van der Waals surface area contributed by atoms with Crippen molar-refractivity contribution in [2.24, 2.45) is 0 Å². The molecular formula is C18H12BrNO3S2. The van der Waals surface area contributed by atoms with E-state index in [4.69, 9.17) is 12.2 Å². The van der Waals surface area contributed by atoms with Gasteiger partial charge in [0.1, 0.15) is 0 Å². The van der Waals surface area contributed by atoms with Gasteiger partial charge in [0.2, 0.25) is 0 Å². The molecule has 0 aliphatic carbocycles. The van der Waals surface area contributed by atoms with E-state index in [1.54, 1.807) is 12.1 Å². The summed E-state index contributed by atoms with van der Waals surface area (Å²) in [6.45, 7) is 1.82. The number of halogens is 1. The molecule has 0 atom stereocenters. The molecule has 1 aliphatic heterocycles. The Morgan fingerprint density at radius 1 is 1.28 bits per heavy atom. The molecule has 2 aromatic carbocycles. The Morgan fingerprint density at radius 2 is 2.04 bits per heavy atom. The first-order chi connectivity index (χ1) is 11.9. The monoisotopic (exact) mass is 433 g/mol. The van der Waals surface area contributed by atoms with Crippen molar-refractivity contribution >= 4 is 67.9 Å². The van der Waals surface area contributed by atoms with Crippen LogP contribution in [0.5, 0.6) is 0 Å². The Bertz CT molecular complexity index is 940. The fourth-order valence-corrected chi connectivity index (χ4v) is 4.11. The van der Waals surface area contributed by atoms with Gasteiger partial charge in [-0.3, -0.25) is 9.69 Å². The summed E-state index contributed by atoms with van der Waals surface area (Å²) >= 11 is 9.97. The van der Waals surface area contributed by atoms with E-state index in [0.717, 1.165) is 15.6 Å². The van der Waals surface area contributed by atoms with Crippen LogP contribution in [0.25, 0.3) is 6.08 Å². The van der Waals surface area contributed by atoms with Gasteiger partial charge in [0.25, 0.3) is 5.91 Å². The third kappa shape index (κ3) is 3.68. The summed E-state index contributed by atoms with van der Waals surface area (Å²) in [5.41, 5.74) is 2.28. The molecule has 25 heavy (non-hydrogen) atoms. The van der Waals surface area contributed by atoms with Gasteiger partial charge in [0.15, 0.2) is 4.32 Å². The molecule has 3 rings (SSSR count). The number of amides is 1. The van der Waals surface area contributed by atoms with Crippen LogP contribution < -0.4 is 4.90 Å². The van der Waals surface area contributed by atoms with Crippen molar-refractivity contribution in [3.63, 3.8) is 0 Å². The van der Waals surface area contributed by atoms with E-state index in [-0.39, 0.29) is 11.5 Å². The van der Waals surface area contributed by atoms with Crippen molar-refractivity contribution in [1.82, 2.24) is 0 Å². The molecule has 7 heteroatoms. The third-order valence-corrected chi connectivity index (χ3v) is 5.43. The van der Waals surface area contributed by atoms with Gasteiger partial charge in [0, 0.05) is 4.47 Å². The van der Waals surface area contributed by atoms with E-state index in [0.29, 0.717) is 14.9 Å².